The van der Waals surface area contributed by atoms with E-state index >= 15 is 0 Å². The van der Waals surface area contributed by atoms with Crippen molar-refractivity contribution in [3.63, 3.8) is 0 Å². The second-order valence-electron chi connectivity index (χ2n) is 4.63. The van der Waals surface area contributed by atoms with Crippen LogP contribution in [0.1, 0.15) is 6.92 Å². The molecule has 0 fully saturated rings. The number of hydrogen-bond donors (Lipinski definition) is 2. The lowest BCUT2D eigenvalue weighted by atomic mass is 10.3. The first-order valence-electron chi connectivity index (χ1n) is 6.55. The summed E-state index contributed by atoms with van der Waals surface area (Å²) in [6.45, 7) is 1.37. The van der Waals surface area contributed by atoms with Crippen LogP contribution in [0.15, 0.2) is 41.3 Å². The van der Waals surface area contributed by atoms with Crippen LogP contribution in [0.4, 0.5) is 0 Å². The Morgan fingerprint density at radius 2 is 1.79 bits per heavy atom. The summed E-state index contributed by atoms with van der Waals surface area (Å²) < 4.78 is 31.0. The summed E-state index contributed by atoms with van der Waals surface area (Å²) in [6.07, 6.45) is -1.09. The van der Waals surface area contributed by atoms with E-state index in [0.29, 0.717) is 5.02 Å². The van der Waals surface area contributed by atoms with Gasteiger partial charge in [0.15, 0.2) is 28.7 Å². The van der Waals surface area contributed by atoms with Gasteiger partial charge >= 0.3 is 5.97 Å². The highest BCUT2D eigenvalue weighted by Crippen LogP contribution is 2.37. The van der Waals surface area contributed by atoms with Gasteiger partial charge in [0.05, 0.1) is 9.92 Å². The molecule has 0 aliphatic heterocycles. The molecule has 2 aromatic carbocycles. The van der Waals surface area contributed by atoms with E-state index in [0.717, 1.165) is 0 Å². The topological polar surface area (TPSA) is 93.1 Å². The van der Waals surface area contributed by atoms with Crippen LogP contribution in [-0.4, -0.2) is 25.9 Å². The summed E-state index contributed by atoms with van der Waals surface area (Å²) >= 11 is 9.80. The van der Waals surface area contributed by atoms with Crippen molar-refractivity contribution in [3.8, 4) is 17.2 Å². The van der Waals surface area contributed by atoms with Gasteiger partial charge < -0.3 is 19.1 Å². The van der Waals surface area contributed by atoms with Gasteiger partial charge in [-0.15, -0.1) is 0 Å². The Hall–Kier alpha value is -1.80. The number of hydrogen-bond acceptors (Lipinski definition) is 4. The average Bonchev–Trinajstić information content (AvgIpc) is 2.51. The Balaban J connectivity index is 2.33. The summed E-state index contributed by atoms with van der Waals surface area (Å²) in [7, 11) is 0. The Morgan fingerprint density at radius 1 is 1.12 bits per heavy atom. The molecule has 0 radical (unpaired) electrons. The van der Waals surface area contributed by atoms with E-state index in [-0.39, 0.29) is 27.2 Å². The minimum absolute atomic E-state index is 0.104. The maximum absolute atomic E-state index is 11.0. The SMILES string of the molecule is CC(Oc1ccc(Cl)cc1Oc1ccc(S(=O)O)cc1Cl)C(=O)O. The number of carboxylic acid groups (broad SMARTS) is 1. The fraction of sp³-hybridized carbons (Fsp3) is 0.133. The van der Waals surface area contributed by atoms with Crippen LogP contribution in [-0.2, 0) is 15.9 Å². The monoisotopic (exact) mass is 390 g/mol. The minimum atomic E-state index is -2.17. The number of benzene rings is 2. The second kappa shape index (κ2) is 7.85. The van der Waals surface area contributed by atoms with Crippen molar-refractivity contribution in [3.05, 3.63) is 46.4 Å². The number of carboxylic acids is 1. The third-order valence-corrected chi connectivity index (χ3v) is 4.07. The normalized spacial score (nSPS) is 13.2. The lowest BCUT2D eigenvalue weighted by molar-refractivity contribution is -0.144. The molecular formula is C15H12Cl2O6S. The van der Waals surface area contributed by atoms with E-state index in [9.17, 15) is 9.00 Å². The van der Waals surface area contributed by atoms with Gasteiger partial charge in [-0.3, -0.25) is 0 Å². The summed E-state index contributed by atoms with van der Waals surface area (Å²) in [6, 6.07) is 8.53. The molecule has 0 heterocycles. The minimum Gasteiger partial charge on any atom is -0.479 e. The van der Waals surface area contributed by atoms with Crippen LogP contribution in [0.5, 0.6) is 17.2 Å². The Labute approximate surface area is 150 Å². The smallest absolute Gasteiger partial charge is 0.344 e. The number of halogens is 2. The first-order valence-corrected chi connectivity index (χ1v) is 8.41. The molecule has 24 heavy (non-hydrogen) atoms. The zero-order valence-electron chi connectivity index (χ0n) is 12.2. The van der Waals surface area contributed by atoms with Gasteiger partial charge in [0.1, 0.15) is 5.75 Å². The first-order chi connectivity index (χ1) is 11.3. The number of ether oxygens (including phenoxy) is 2. The third-order valence-electron chi connectivity index (χ3n) is 2.88. The fourth-order valence-corrected chi connectivity index (χ4v) is 2.54. The molecule has 2 N–H and O–H groups in total. The van der Waals surface area contributed by atoms with Gasteiger partial charge in [0.25, 0.3) is 0 Å². The van der Waals surface area contributed by atoms with E-state index in [1.165, 1.54) is 43.3 Å². The molecule has 0 amide bonds. The maximum Gasteiger partial charge on any atom is 0.344 e. The largest absolute Gasteiger partial charge is 0.479 e. The van der Waals surface area contributed by atoms with Crippen molar-refractivity contribution in [2.24, 2.45) is 0 Å². The Bertz CT molecular complexity index is 796. The van der Waals surface area contributed by atoms with E-state index < -0.39 is 23.2 Å². The predicted octanol–water partition coefficient (Wildman–Crippen LogP) is 4.22. The van der Waals surface area contributed by atoms with Crippen molar-refractivity contribution in [2.75, 3.05) is 0 Å². The van der Waals surface area contributed by atoms with Gasteiger partial charge in [-0.1, -0.05) is 23.2 Å². The molecule has 2 aromatic rings. The van der Waals surface area contributed by atoms with E-state index in [1.54, 1.807) is 0 Å². The molecule has 0 saturated carbocycles. The summed E-state index contributed by atoms with van der Waals surface area (Å²) in [5, 5.41) is 9.39. The van der Waals surface area contributed by atoms with Crippen molar-refractivity contribution >= 4 is 40.3 Å². The zero-order valence-corrected chi connectivity index (χ0v) is 14.6. The average molecular weight is 391 g/mol. The van der Waals surface area contributed by atoms with E-state index in [1.807, 2.05) is 0 Å². The molecule has 2 rings (SSSR count). The van der Waals surface area contributed by atoms with Gasteiger partial charge in [-0.05, 0) is 37.3 Å². The number of rotatable bonds is 6. The molecular weight excluding hydrogens is 379 g/mol. The fourth-order valence-electron chi connectivity index (χ4n) is 1.69. The van der Waals surface area contributed by atoms with Crippen LogP contribution >= 0.6 is 23.2 Å². The molecule has 2 atom stereocenters. The summed E-state index contributed by atoms with van der Waals surface area (Å²) in [4.78, 5) is 11.0. The molecule has 0 aliphatic carbocycles. The molecule has 0 aliphatic rings. The standard InChI is InChI=1S/C15H12Cl2O6S/c1-8(15(18)19)22-13-4-2-9(16)6-14(13)23-12-5-3-10(24(20)21)7-11(12)17/h2-8H,1H3,(H,18,19)(H,20,21). The van der Waals surface area contributed by atoms with E-state index in [4.69, 9.17) is 42.3 Å². The molecule has 6 nitrogen and oxygen atoms in total. The second-order valence-corrected chi connectivity index (χ2v) is 6.45. The van der Waals surface area contributed by atoms with Crippen molar-refractivity contribution in [1.82, 2.24) is 0 Å². The van der Waals surface area contributed by atoms with Gasteiger partial charge in [-0.2, -0.15) is 0 Å². The highest BCUT2D eigenvalue weighted by molar-refractivity contribution is 7.79. The molecule has 2 unspecified atom stereocenters. The lowest BCUT2D eigenvalue weighted by Gasteiger charge is -2.16. The number of carbonyl (C=O) groups is 1. The number of aliphatic carboxylic acids is 1. The van der Waals surface area contributed by atoms with Crippen LogP contribution < -0.4 is 9.47 Å². The molecule has 0 spiro atoms. The molecule has 0 bridgehead atoms. The zero-order chi connectivity index (χ0) is 17.9. The van der Waals surface area contributed by atoms with Crippen molar-refractivity contribution in [2.45, 2.75) is 17.9 Å². The highest BCUT2D eigenvalue weighted by Gasteiger charge is 2.17. The Kier molecular flexibility index (Phi) is 6.06. The molecule has 0 saturated heterocycles. The summed E-state index contributed by atoms with van der Waals surface area (Å²) in [5.41, 5.74) is 0. The highest BCUT2D eigenvalue weighted by atomic mass is 35.5. The van der Waals surface area contributed by atoms with Crippen molar-refractivity contribution in [1.29, 1.82) is 0 Å². The van der Waals surface area contributed by atoms with Crippen LogP contribution in [0.3, 0.4) is 0 Å². The quantitative estimate of drug-likeness (QED) is 0.717. The maximum atomic E-state index is 11.0. The van der Waals surface area contributed by atoms with Gasteiger partial charge in [-0.25, -0.2) is 9.00 Å². The molecule has 9 heteroatoms. The van der Waals surface area contributed by atoms with Crippen LogP contribution in [0.2, 0.25) is 10.0 Å². The molecule has 0 aromatic heterocycles. The van der Waals surface area contributed by atoms with Gasteiger partial charge in [0, 0.05) is 11.1 Å². The molecule has 128 valence electrons. The Morgan fingerprint density at radius 3 is 2.38 bits per heavy atom. The lowest BCUT2D eigenvalue weighted by Crippen LogP contribution is -2.23. The van der Waals surface area contributed by atoms with E-state index in [2.05, 4.69) is 0 Å². The predicted molar refractivity (Wildman–Crippen MR) is 89.7 cm³/mol. The first kappa shape index (κ1) is 18.5. The van der Waals surface area contributed by atoms with Gasteiger partial charge in [0.2, 0.25) is 0 Å². The third kappa shape index (κ3) is 4.61. The summed E-state index contributed by atoms with van der Waals surface area (Å²) in [5.74, 6) is -0.611. The van der Waals surface area contributed by atoms with Crippen LogP contribution in [0, 0.1) is 0 Å². The van der Waals surface area contributed by atoms with Crippen LogP contribution in [0.25, 0.3) is 0 Å². The van der Waals surface area contributed by atoms with Crippen molar-refractivity contribution < 1.29 is 28.1 Å².